The third kappa shape index (κ3) is 5.59. The number of anilines is 1. The summed E-state index contributed by atoms with van der Waals surface area (Å²) in [7, 11) is 1.22. The van der Waals surface area contributed by atoms with E-state index in [1.54, 1.807) is 29.2 Å². The molecule has 3 rings (SSSR count). The van der Waals surface area contributed by atoms with Crippen molar-refractivity contribution in [3.05, 3.63) is 65.7 Å². The van der Waals surface area contributed by atoms with Crippen molar-refractivity contribution in [1.82, 2.24) is 9.80 Å². The third-order valence-electron chi connectivity index (χ3n) is 4.82. The van der Waals surface area contributed by atoms with E-state index in [-0.39, 0.29) is 23.1 Å². The fourth-order valence-electron chi connectivity index (χ4n) is 3.13. The molecule has 1 heterocycles. The van der Waals surface area contributed by atoms with Gasteiger partial charge in [-0.25, -0.2) is 14.4 Å². The summed E-state index contributed by atoms with van der Waals surface area (Å²) in [6, 6.07) is 15.0. The molecule has 9 heteroatoms. The van der Waals surface area contributed by atoms with Crippen molar-refractivity contribution in [1.29, 1.82) is 0 Å². The van der Waals surface area contributed by atoms with E-state index in [1.165, 1.54) is 24.1 Å². The van der Waals surface area contributed by atoms with Crippen LogP contribution in [-0.2, 0) is 14.3 Å². The van der Waals surface area contributed by atoms with E-state index in [9.17, 15) is 19.2 Å². The predicted molar refractivity (Wildman–Crippen MR) is 112 cm³/mol. The molecule has 0 aliphatic carbocycles. The van der Waals surface area contributed by atoms with Crippen LogP contribution >= 0.6 is 0 Å². The van der Waals surface area contributed by atoms with Gasteiger partial charge in [0.25, 0.3) is 5.91 Å². The number of hydrogen-bond donors (Lipinski definition) is 1. The lowest BCUT2D eigenvalue weighted by molar-refractivity contribution is -0.135. The zero-order valence-electron chi connectivity index (χ0n) is 17.1. The monoisotopic (exact) mass is 425 g/mol. The van der Waals surface area contributed by atoms with Gasteiger partial charge in [-0.05, 0) is 24.3 Å². The minimum absolute atomic E-state index is 0.0320. The van der Waals surface area contributed by atoms with Gasteiger partial charge in [0, 0.05) is 31.9 Å². The van der Waals surface area contributed by atoms with Gasteiger partial charge in [-0.2, -0.15) is 0 Å². The zero-order valence-corrected chi connectivity index (χ0v) is 17.1. The minimum Gasteiger partial charge on any atom is -0.465 e. The number of para-hydroxylation sites is 1. The van der Waals surface area contributed by atoms with Crippen LogP contribution in [0.1, 0.15) is 20.7 Å². The number of esters is 2. The summed E-state index contributed by atoms with van der Waals surface area (Å²) >= 11 is 0. The van der Waals surface area contributed by atoms with Crippen LogP contribution in [-0.4, -0.2) is 73.6 Å². The Kier molecular flexibility index (Phi) is 7.21. The first-order chi connectivity index (χ1) is 15.0. The highest BCUT2D eigenvalue weighted by atomic mass is 16.5. The molecule has 1 saturated heterocycles. The molecule has 2 aromatic carbocycles. The second kappa shape index (κ2) is 10.2. The number of hydrogen-bond acceptors (Lipinski definition) is 6. The maximum Gasteiger partial charge on any atom is 0.339 e. The van der Waals surface area contributed by atoms with E-state index in [1.807, 2.05) is 18.2 Å². The molecule has 0 bridgehead atoms. The maximum atomic E-state index is 12.4. The molecule has 0 aromatic heterocycles. The molecule has 0 atom stereocenters. The van der Waals surface area contributed by atoms with E-state index in [0.717, 1.165) is 0 Å². The lowest BCUT2D eigenvalue weighted by Gasteiger charge is -2.34. The number of methoxy groups -OCH3 is 1. The molecule has 0 unspecified atom stereocenters. The second-order valence-electron chi connectivity index (χ2n) is 6.78. The first kappa shape index (κ1) is 21.8. The smallest absolute Gasteiger partial charge is 0.339 e. The Balaban J connectivity index is 1.48. The molecule has 1 N–H and O–H groups in total. The molecular formula is C22H23N3O6. The molecular weight excluding hydrogens is 402 g/mol. The van der Waals surface area contributed by atoms with Crippen LogP contribution in [0.4, 0.5) is 10.5 Å². The number of nitrogens with one attached hydrogen (secondary N) is 1. The average molecular weight is 425 g/mol. The number of carbonyl (C=O) groups is 4. The number of nitrogens with zero attached hydrogens (tertiary/aromatic N) is 2. The van der Waals surface area contributed by atoms with Crippen LogP contribution in [0.5, 0.6) is 0 Å². The quantitative estimate of drug-likeness (QED) is 0.735. The standard InChI is InChI=1S/C22H23N3O6/c1-30-20(27)17-9-5-6-10-18(17)21(28)31-15-19(26)24-11-13-25(14-12-24)22(29)23-16-7-3-2-4-8-16/h2-10H,11-15H2,1H3,(H,23,29). The van der Waals surface area contributed by atoms with Crippen LogP contribution < -0.4 is 5.32 Å². The summed E-state index contributed by atoms with van der Waals surface area (Å²) in [6.45, 7) is 0.937. The largest absolute Gasteiger partial charge is 0.465 e. The minimum atomic E-state index is -0.782. The highest BCUT2D eigenvalue weighted by Gasteiger charge is 2.25. The Morgan fingerprint density at radius 1 is 0.806 bits per heavy atom. The van der Waals surface area contributed by atoms with Crippen molar-refractivity contribution in [2.45, 2.75) is 0 Å². The van der Waals surface area contributed by atoms with Gasteiger partial charge in [0.2, 0.25) is 0 Å². The van der Waals surface area contributed by atoms with Gasteiger partial charge < -0.3 is 24.6 Å². The van der Waals surface area contributed by atoms with Crippen molar-refractivity contribution in [2.75, 3.05) is 45.2 Å². The van der Waals surface area contributed by atoms with E-state index in [2.05, 4.69) is 10.1 Å². The Morgan fingerprint density at radius 2 is 1.35 bits per heavy atom. The van der Waals surface area contributed by atoms with E-state index < -0.39 is 18.5 Å². The number of rotatable bonds is 5. The Hall–Kier alpha value is -3.88. The molecule has 0 spiro atoms. The van der Waals surface area contributed by atoms with Crippen LogP contribution in [0.3, 0.4) is 0 Å². The first-order valence-corrected chi connectivity index (χ1v) is 9.73. The Bertz CT molecular complexity index is 955. The number of benzene rings is 2. The predicted octanol–water partition coefficient (Wildman–Crippen LogP) is 2.01. The SMILES string of the molecule is COC(=O)c1ccccc1C(=O)OCC(=O)N1CCN(C(=O)Nc2ccccc2)CC1. The molecule has 162 valence electrons. The zero-order chi connectivity index (χ0) is 22.2. The summed E-state index contributed by atoms with van der Waals surface area (Å²) in [5, 5.41) is 2.81. The molecule has 0 radical (unpaired) electrons. The van der Waals surface area contributed by atoms with E-state index in [0.29, 0.717) is 31.9 Å². The fraction of sp³-hybridized carbons (Fsp3) is 0.273. The van der Waals surface area contributed by atoms with Crippen molar-refractivity contribution < 1.29 is 28.7 Å². The number of piperazine rings is 1. The van der Waals surface area contributed by atoms with Crippen LogP contribution in [0, 0.1) is 0 Å². The van der Waals surface area contributed by atoms with Crippen molar-refractivity contribution in [2.24, 2.45) is 0 Å². The summed E-state index contributed by atoms with van der Waals surface area (Å²) < 4.78 is 9.76. The molecule has 1 fully saturated rings. The molecule has 9 nitrogen and oxygen atoms in total. The third-order valence-corrected chi connectivity index (χ3v) is 4.82. The van der Waals surface area contributed by atoms with Crippen LogP contribution in [0.2, 0.25) is 0 Å². The number of ether oxygens (including phenoxy) is 2. The summed E-state index contributed by atoms with van der Waals surface area (Å²) in [6.07, 6.45) is 0. The number of carbonyl (C=O) groups excluding carboxylic acids is 4. The molecule has 1 aliphatic rings. The Labute approximate surface area is 179 Å². The molecule has 0 saturated carbocycles. The lowest BCUT2D eigenvalue weighted by atomic mass is 10.1. The van der Waals surface area contributed by atoms with Gasteiger partial charge >= 0.3 is 18.0 Å². The van der Waals surface area contributed by atoms with Gasteiger partial charge in [0.1, 0.15) is 0 Å². The van der Waals surface area contributed by atoms with Gasteiger partial charge in [-0.15, -0.1) is 0 Å². The molecule has 31 heavy (non-hydrogen) atoms. The number of amides is 3. The highest BCUT2D eigenvalue weighted by molar-refractivity contribution is 6.03. The summed E-state index contributed by atoms with van der Waals surface area (Å²) in [5.41, 5.74) is 0.801. The van der Waals surface area contributed by atoms with E-state index >= 15 is 0 Å². The van der Waals surface area contributed by atoms with Crippen molar-refractivity contribution in [3.63, 3.8) is 0 Å². The molecule has 1 aliphatic heterocycles. The Morgan fingerprint density at radius 3 is 1.97 bits per heavy atom. The van der Waals surface area contributed by atoms with Crippen LogP contribution in [0.25, 0.3) is 0 Å². The summed E-state index contributed by atoms with van der Waals surface area (Å²) in [5.74, 6) is -1.81. The van der Waals surface area contributed by atoms with Gasteiger partial charge in [-0.1, -0.05) is 30.3 Å². The molecule has 2 aromatic rings. The average Bonchev–Trinajstić information content (AvgIpc) is 2.82. The second-order valence-corrected chi connectivity index (χ2v) is 6.78. The van der Waals surface area contributed by atoms with Crippen LogP contribution in [0.15, 0.2) is 54.6 Å². The van der Waals surface area contributed by atoms with Gasteiger partial charge in [0.05, 0.1) is 18.2 Å². The maximum absolute atomic E-state index is 12.4. The number of urea groups is 1. The summed E-state index contributed by atoms with van der Waals surface area (Å²) in [4.78, 5) is 52.0. The van der Waals surface area contributed by atoms with E-state index in [4.69, 9.17) is 4.74 Å². The topological polar surface area (TPSA) is 105 Å². The lowest BCUT2D eigenvalue weighted by Crippen LogP contribution is -2.52. The van der Waals surface area contributed by atoms with Gasteiger partial charge in [-0.3, -0.25) is 4.79 Å². The fourth-order valence-corrected chi connectivity index (χ4v) is 3.13. The normalized spacial score (nSPS) is 13.3. The first-order valence-electron chi connectivity index (χ1n) is 9.73. The van der Waals surface area contributed by atoms with Crippen molar-refractivity contribution in [3.8, 4) is 0 Å². The van der Waals surface area contributed by atoms with Crippen molar-refractivity contribution >= 4 is 29.6 Å². The highest BCUT2D eigenvalue weighted by Crippen LogP contribution is 2.13. The van der Waals surface area contributed by atoms with Gasteiger partial charge in [0.15, 0.2) is 6.61 Å². The molecule has 3 amide bonds.